The van der Waals surface area contributed by atoms with Crippen LogP contribution in [0, 0.1) is 5.82 Å². The number of methoxy groups -OCH3 is 1. The second kappa shape index (κ2) is 4.88. The van der Waals surface area contributed by atoms with Crippen LogP contribution in [0.5, 0.6) is 0 Å². The number of Topliss-reactive ketones (excluding diaryl/α,β-unsaturated/α-hetero) is 1. The van der Waals surface area contributed by atoms with Gasteiger partial charge in [0.05, 0.1) is 23.9 Å². The van der Waals surface area contributed by atoms with Crippen LogP contribution in [0.4, 0.5) is 4.39 Å². The third-order valence-electron chi connectivity index (χ3n) is 3.96. The van der Waals surface area contributed by atoms with E-state index in [1.807, 2.05) is 19.1 Å². The summed E-state index contributed by atoms with van der Waals surface area (Å²) in [5, 5.41) is 3.22. The Kier molecular flexibility index (Phi) is 3.16. The Labute approximate surface area is 122 Å². The van der Waals surface area contributed by atoms with E-state index >= 15 is 0 Å². The number of allylic oxidation sites excluding steroid dienone is 2. The number of benzene rings is 1. The highest BCUT2D eigenvalue weighted by atomic mass is 19.1. The molecule has 0 amide bonds. The van der Waals surface area contributed by atoms with Crippen LogP contribution >= 0.6 is 0 Å². The molecule has 0 bridgehead atoms. The van der Waals surface area contributed by atoms with E-state index in [4.69, 9.17) is 4.74 Å². The molecule has 1 aromatic rings. The Morgan fingerprint density at radius 3 is 2.81 bits per heavy atom. The molecule has 3 rings (SSSR count). The maximum absolute atomic E-state index is 13.8. The number of carbonyl (C=O) groups excluding carboxylic acids is 1. The van der Waals surface area contributed by atoms with Crippen molar-refractivity contribution in [3.63, 3.8) is 0 Å². The summed E-state index contributed by atoms with van der Waals surface area (Å²) in [4.78, 5) is 12.5. The number of carbonyl (C=O) groups is 1. The third kappa shape index (κ3) is 2.27. The summed E-state index contributed by atoms with van der Waals surface area (Å²) >= 11 is 0. The van der Waals surface area contributed by atoms with Crippen molar-refractivity contribution in [3.8, 4) is 0 Å². The van der Waals surface area contributed by atoms with Crippen LogP contribution in [0.3, 0.4) is 0 Å². The molecule has 1 aliphatic heterocycles. The molecule has 3 nitrogen and oxygen atoms in total. The summed E-state index contributed by atoms with van der Waals surface area (Å²) in [5.41, 5.74) is 1.14. The number of hydrogen-bond donors (Lipinski definition) is 1. The maximum Gasteiger partial charge on any atom is 0.211 e. The van der Waals surface area contributed by atoms with Crippen LogP contribution in [0.15, 0.2) is 59.5 Å². The Morgan fingerprint density at radius 1 is 1.33 bits per heavy atom. The van der Waals surface area contributed by atoms with E-state index in [1.165, 1.54) is 12.1 Å². The minimum atomic E-state index is -0.505. The lowest BCUT2D eigenvalue weighted by molar-refractivity contribution is 0.102. The molecule has 0 radical (unpaired) electrons. The number of rotatable bonds is 3. The third-order valence-corrected chi connectivity index (χ3v) is 3.96. The quantitative estimate of drug-likeness (QED) is 0.867. The molecule has 0 aromatic heterocycles. The molecule has 4 heteroatoms. The number of ether oxygens (including phenoxy) is 1. The smallest absolute Gasteiger partial charge is 0.211 e. The first-order valence-corrected chi connectivity index (χ1v) is 6.79. The Bertz CT molecular complexity index is 702. The van der Waals surface area contributed by atoms with Crippen molar-refractivity contribution in [2.24, 2.45) is 0 Å². The summed E-state index contributed by atoms with van der Waals surface area (Å²) < 4.78 is 19.0. The van der Waals surface area contributed by atoms with Crippen LogP contribution in [0.1, 0.15) is 23.7 Å². The summed E-state index contributed by atoms with van der Waals surface area (Å²) in [5.74, 6) is -0.0568. The van der Waals surface area contributed by atoms with Crippen molar-refractivity contribution in [1.29, 1.82) is 0 Å². The highest BCUT2D eigenvalue weighted by Gasteiger charge is 2.37. The zero-order valence-electron chi connectivity index (χ0n) is 11.9. The standard InChI is InChI=1S/C17H16FNO2/c1-17-8-7-12(21-2)9-11(17)10-15(19-17)16(20)13-5-3-4-6-14(13)18/h3-7,9-10,19H,8H2,1-2H3. The largest absolute Gasteiger partial charge is 0.497 e. The highest BCUT2D eigenvalue weighted by molar-refractivity contribution is 6.09. The lowest BCUT2D eigenvalue weighted by Gasteiger charge is -2.29. The average molecular weight is 285 g/mol. The van der Waals surface area contributed by atoms with Gasteiger partial charge in [-0.3, -0.25) is 4.79 Å². The summed E-state index contributed by atoms with van der Waals surface area (Å²) in [6.07, 6.45) is 6.37. The van der Waals surface area contributed by atoms with Gasteiger partial charge in [0.1, 0.15) is 11.6 Å². The number of halogens is 1. The van der Waals surface area contributed by atoms with Crippen LogP contribution in [-0.4, -0.2) is 18.4 Å². The molecule has 1 atom stereocenters. The average Bonchev–Trinajstić information content (AvgIpc) is 2.83. The number of fused-ring (bicyclic) bond motifs is 1. The van der Waals surface area contributed by atoms with Crippen LogP contribution < -0.4 is 5.32 Å². The molecular formula is C17H16FNO2. The predicted octanol–water partition coefficient (Wildman–Crippen LogP) is 3.11. The number of hydrogen-bond acceptors (Lipinski definition) is 3. The normalized spacial score (nSPS) is 23.5. The van der Waals surface area contributed by atoms with Crippen LogP contribution in [0.2, 0.25) is 0 Å². The number of nitrogens with one attached hydrogen (secondary N) is 1. The fourth-order valence-corrected chi connectivity index (χ4v) is 2.66. The van der Waals surface area contributed by atoms with E-state index in [0.717, 1.165) is 11.3 Å². The molecule has 0 spiro atoms. The van der Waals surface area contributed by atoms with Crippen molar-refractivity contribution in [1.82, 2.24) is 5.32 Å². The molecule has 1 N–H and O–H groups in total. The van der Waals surface area contributed by atoms with E-state index in [1.54, 1.807) is 25.3 Å². The van der Waals surface area contributed by atoms with Gasteiger partial charge in [0.25, 0.3) is 0 Å². The molecular weight excluding hydrogens is 269 g/mol. The van der Waals surface area contributed by atoms with E-state index in [2.05, 4.69) is 5.32 Å². The fraction of sp³-hybridized carbons (Fsp3) is 0.235. The molecule has 1 unspecified atom stereocenters. The lowest BCUT2D eigenvalue weighted by Crippen LogP contribution is -2.40. The topological polar surface area (TPSA) is 38.3 Å². The van der Waals surface area contributed by atoms with Crippen molar-refractivity contribution in [2.45, 2.75) is 18.9 Å². The van der Waals surface area contributed by atoms with E-state index < -0.39 is 5.82 Å². The minimum Gasteiger partial charge on any atom is -0.497 e. The highest BCUT2D eigenvalue weighted by Crippen LogP contribution is 2.35. The van der Waals surface area contributed by atoms with Crippen LogP contribution in [-0.2, 0) is 4.74 Å². The molecule has 0 saturated heterocycles. The van der Waals surface area contributed by atoms with Gasteiger partial charge < -0.3 is 10.1 Å². The van der Waals surface area contributed by atoms with Crippen molar-refractivity contribution in [2.75, 3.05) is 7.11 Å². The van der Waals surface area contributed by atoms with E-state index in [0.29, 0.717) is 12.1 Å². The molecule has 1 aromatic carbocycles. The first-order valence-electron chi connectivity index (χ1n) is 6.79. The first kappa shape index (κ1) is 13.6. The maximum atomic E-state index is 13.8. The number of ketones is 1. The molecule has 0 fully saturated rings. The van der Waals surface area contributed by atoms with Crippen molar-refractivity contribution < 1.29 is 13.9 Å². The fourth-order valence-electron chi connectivity index (χ4n) is 2.66. The summed E-state index contributed by atoms with van der Waals surface area (Å²) in [6.45, 7) is 2.01. The minimum absolute atomic E-state index is 0.0824. The Balaban J connectivity index is 1.94. The van der Waals surface area contributed by atoms with Gasteiger partial charge in [0.2, 0.25) is 5.78 Å². The summed E-state index contributed by atoms with van der Waals surface area (Å²) in [6, 6.07) is 6.02. The van der Waals surface area contributed by atoms with Crippen molar-refractivity contribution >= 4 is 5.78 Å². The second-order valence-electron chi connectivity index (χ2n) is 5.44. The van der Waals surface area contributed by atoms with Gasteiger partial charge in [-0.15, -0.1) is 0 Å². The Morgan fingerprint density at radius 2 is 2.10 bits per heavy atom. The van der Waals surface area contributed by atoms with Gasteiger partial charge in [0.15, 0.2) is 0 Å². The second-order valence-corrected chi connectivity index (χ2v) is 5.44. The Hall–Kier alpha value is -2.36. The lowest BCUT2D eigenvalue weighted by atomic mass is 9.86. The predicted molar refractivity (Wildman–Crippen MR) is 78.1 cm³/mol. The van der Waals surface area contributed by atoms with Gasteiger partial charge in [-0.05, 0) is 49.3 Å². The van der Waals surface area contributed by atoms with Gasteiger partial charge >= 0.3 is 0 Å². The van der Waals surface area contributed by atoms with Gasteiger partial charge in [-0.25, -0.2) is 4.39 Å². The van der Waals surface area contributed by atoms with Gasteiger partial charge in [0, 0.05) is 0 Å². The van der Waals surface area contributed by atoms with E-state index in [9.17, 15) is 9.18 Å². The van der Waals surface area contributed by atoms with Crippen molar-refractivity contribution in [3.05, 3.63) is 70.9 Å². The van der Waals surface area contributed by atoms with Crippen LogP contribution in [0.25, 0.3) is 0 Å². The molecule has 108 valence electrons. The zero-order chi connectivity index (χ0) is 15.0. The molecule has 2 aliphatic rings. The summed E-state index contributed by atoms with van der Waals surface area (Å²) in [7, 11) is 1.61. The molecule has 1 heterocycles. The zero-order valence-corrected chi connectivity index (χ0v) is 11.9. The SMILES string of the molecule is COC1=CCC2(C)NC(C(=O)c3ccccc3F)=CC2=C1. The monoisotopic (exact) mass is 285 g/mol. The van der Waals surface area contributed by atoms with Gasteiger partial charge in [-0.2, -0.15) is 0 Å². The molecule has 21 heavy (non-hydrogen) atoms. The van der Waals surface area contributed by atoms with Gasteiger partial charge in [-0.1, -0.05) is 12.1 Å². The first-order chi connectivity index (χ1) is 10.0. The molecule has 1 aliphatic carbocycles. The molecule has 0 saturated carbocycles. The van der Waals surface area contributed by atoms with E-state index in [-0.39, 0.29) is 16.9 Å².